The lowest BCUT2D eigenvalue weighted by atomic mass is 10.1. The van der Waals surface area contributed by atoms with E-state index in [1.807, 2.05) is 0 Å². The summed E-state index contributed by atoms with van der Waals surface area (Å²) in [6.45, 7) is 0.740. The first kappa shape index (κ1) is 13.0. The monoisotopic (exact) mass is 238 g/mol. The molecule has 0 aliphatic rings. The Kier molecular flexibility index (Phi) is 3.69. The molecule has 1 amide bonds. The summed E-state index contributed by atoms with van der Waals surface area (Å²) >= 11 is 0. The van der Waals surface area contributed by atoms with Gasteiger partial charge in [0.2, 0.25) is 0 Å². The van der Waals surface area contributed by atoms with Crippen molar-refractivity contribution < 1.29 is 19.8 Å². The standard InChI is InChI=1S/C11H14N2O4/c1-11(17,10(15)16)6-13-9(14)7-2-4-8(12)5-3-7/h2-5,17H,6,12H2,1H3,(H,13,14)(H,15,16). The maximum absolute atomic E-state index is 11.6. The Morgan fingerprint density at radius 3 is 2.35 bits per heavy atom. The van der Waals surface area contributed by atoms with Crippen molar-refractivity contribution in [1.82, 2.24) is 5.32 Å². The quantitative estimate of drug-likeness (QED) is 0.544. The number of rotatable bonds is 4. The van der Waals surface area contributed by atoms with Crippen molar-refractivity contribution in [1.29, 1.82) is 0 Å². The molecule has 6 heteroatoms. The number of benzene rings is 1. The van der Waals surface area contributed by atoms with E-state index in [0.29, 0.717) is 11.3 Å². The van der Waals surface area contributed by atoms with E-state index in [9.17, 15) is 14.7 Å². The second-order valence-corrected chi connectivity index (χ2v) is 3.88. The summed E-state index contributed by atoms with van der Waals surface area (Å²) in [4.78, 5) is 22.2. The molecule has 92 valence electrons. The van der Waals surface area contributed by atoms with Crippen molar-refractivity contribution in [3.05, 3.63) is 29.8 Å². The molecule has 0 aliphatic carbocycles. The number of nitrogens with one attached hydrogen (secondary N) is 1. The van der Waals surface area contributed by atoms with Gasteiger partial charge in [0, 0.05) is 11.3 Å². The van der Waals surface area contributed by atoms with E-state index in [-0.39, 0.29) is 6.54 Å². The summed E-state index contributed by atoms with van der Waals surface area (Å²) in [5, 5.41) is 20.4. The van der Waals surface area contributed by atoms with Gasteiger partial charge in [0.1, 0.15) is 0 Å². The molecule has 1 aromatic carbocycles. The third kappa shape index (κ3) is 3.46. The van der Waals surface area contributed by atoms with E-state index in [0.717, 1.165) is 6.92 Å². The second-order valence-electron chi connectivity index (χ2n) is 3.88. The van der Waals surface area contributed by atoms with Crippen LogP contribution in [0.15, 0.2) is 24.3 Å². The molecule has 1 aromatic rings. The number of carboxylic acid groups (broad SMARTS) is 1. The van der Waals surface area contributed by atoms with E-state index in [1.54, 1.807) is 12.1 Å². The lowest BCUT2D eigenvalue weighted by Gasteiger charge is -2.18. The normalized spacial score (nSPS) is 13.8. The first-order valence-corrected chi connectivity index (χ1v) is 4.92. The zero-order chi connectivity index (χ0) is 13.1. The Balaban J connectivity index is 2.62. The Labute approximate surface area is 98.1 Å². The van der Waals surface area contributed by atoms with Crippen LogP contribution in [0.2, 0.25) is 0 Å². The van der Waals surface area contributed by atoms with Crippen LogP contribution in [-0.4, -0.2) is 34.2 Å². The number of amides is 1. The van der Waals surface area contributed by atoms with Gasteiger partial charge >= 0.3 is 5.97 Å². The van der Waals surface area contributed by atoms with Crippen LogP contribution in [0.25, 0.3) is 0 Å². The predicted octanol–water partition coefficient (Wildman–Crippen LogP) is -0.166. The zero-order valence-electron chi connectivity index (χ0n) is 9.30. The number of nitrogen functional groups attached to an aromatic ring is 1. The topological polar surface area (TPSA) is 113 Å². The average molecular weight is 238 g/mol. The Morgan fingerprint density at radius 1 is 1.35 bits per heavy atom. The molecule has 0 heterocycles. The van der Waals surface area contributed by atoms with Gasteiger partial charge in [0.25, 0.3) is 5.91 Å². The molecule has 0 saturated heterocycles. The number of hydrogen-bond donors (Lipinski definition) is 4. The van der Waals surface area contributed by atoms with Crippen LogP contribution in [0.4, 0.5) is 5.69 Å². The minimum absolute atomic E-state index is 0.348. The van der Waals surface area contributed by atoms with Gasteiger partial charge in [-0.1, -0.05) is 0 Å². The number of hydrogen-bond acceptors (Lipinski definition) is 4. The third-order valence-corrected chi connectivity index (χ3v) is 2.23. The second kappa shape index (κ2) is 4.84. The highest BCUT2D eigenvalue weighted by atomic mass is 16.4. The van der Waals surface area contributed by atoms with Gasteiger partial charge in [-0.2, -0.15) is 0 Å². The van der Waals surface area contributed by atoms with Crippen LogP contribution in [-0.2, 0) is 4.79 Å². The summed E-state index contributed by atoms with van der Waals surface area (Å²) in [7, 11) is 0. The summed E-state index contributed by atoms with van der Waals surface area (Å²) in [6, 6.07) is 6.15. The fraction of sp³-hybridized carbons (Fsp3) is 0.273. The van der Waals surface area contributed by atoms with Crippen LogP contribution in [0.3, 0.4) is 0 Å². The van der Waals surface area contributed by atoms with Crippen LogP contribution in [0, 0.1) is 0 Å². The number of anilines is 1. The minimum atomic E-state index is -1.98. The van der Waals surface area contributed by atoms with Crippen molar-refractivity contribution in [2.45, 2.75) is 12.5 Å². The van der Waals surface area contributed by atoms with Crippen LogP contribution in [0.1, 0.15) is 17.3 Å². The number of aliphatic carboxylic acids is 1. The van der Waals surface area contributed by atoms with Gasteiger partial charge in [0.15, 0.2) is 5.60 Å². The van der Waals surface area contributed by atoms with Gasteiger partial charge < -0.3 is 21.3 Å². The maximum atomic E-state index is 11.6. The average Bonchev–Trinajstić information content (AvgIpc) is 2.27. The number of carbonyl (C=O) groups is 2. The van der Waals surface area contributed by atoms with Crippen molar-refractivity contribution >= 4 is 17.6 Å². The van der Waals surface area contributed by atoms with E-state index in [1.165, 1.54) is 12.1 Å². The first-order valence-electron chi connectivity index (χ1n) is 4.92. The smallest absolute Gasteiger partial charge is 0.337 e. The molecule has 0 fully saturated rings. The summed E-state index contributed by atoms with van der Waals surface area (Å²) in [5.74, 6) is -1.86. The molecule has 1 unspecified atom stereocenters. The number of nitrogens with two attached hydrogens (primary N) is 1. The molecule has 17 heavy (non-hydrogen) atoms. The molecule has 0 bridgehead atoms. The molecule has 0 aromatic heterocycles. The van der Waals surface area contributed by atoms with Crippen LogP contribution in [0.5, 0.6) is 0 Å². The molecule has 0 saturated carbocycles. The molecule has 1 rings (SSSR count). The third-order valence-electron chi connectivity index (χ3n) is 2.23. The molecule has 6 nitrogen and oxygen atoms in total. The van der Waals surface area contributed by atoms with Crippen LogP contribution >= 0.6 is 0 Å². The highest BCUT2D eigenvalue weighted by molar-refractivity contribution is 5.94. The fourth-order valence-electron chi connectivity index (χ4n) is 1.06. The molecular weight excluding hydrogens is 224 g/mol. The molecular formula is C11H14N2O4. The first-order chi connectivity index (χ1) is 7.83. The van der Waals surface area contributed by atoms with Gasteiger partial charge in [-0.3, -0.25) is 4.79 Å². The van der Waals surface area contributed by atoms with E-state index in [4.69, 9.17) is 10.8 Å². The van der Waals surface area contributed by atoms with Gasteiger partial charge in [0.05, 0.1) is 6.54 Å². The predicted molar refractivity (Wildman–Crippen MR) is 61.4 cm³/mol. The Hall–Kier alpha value is -2.08. The highest BCUT2D eigenvalue weighted by Gasteiger charge is 2.30. The minimum Gasteiger partial charge on any atom is -0.479 e. The van der Waals surface area contributed by atoms with Gasteiger partial charge in [-0.15, -0.1) is 0 Å². The van der Waals surface area contributed by atoms with Crippen molar-refractivity contribution in [2.75, 3.05) is 12.3 Å². The van der Waals surface area contributed by atoms with Crippen molar-refractivity contribution in [3.8, 4) is 0 Å². The van der Waals surface area contributed by atoms with E-state index >= 15 is 0 Å². The largest absolute Gasteiger partial charge is 0.479 e. The van der Waals surface area contributed by atoms with Gasteiger partial charge in [-0.25, -0.2) is 4.79 Å². The fourth-order valence-corrected chi connectivity index (χ4v) is 1.06. The molecule has 5 N–H and O–H groups in total. The number of carbonyl (C=O) groups excluding carboxylic acids is 1. The van der Waals surface area contributed by atoms with Crippen molar-refractivity contribution in [2.24, 2.45) is 0 Å². The molecule has 1 atom stereocenters. The Bertz CT molecular complexity index is 426. The number of carboxylic acids is 1. The number of aliphatic hydroxyl groups is 1. The molecule has 0 aliphatic heterocycles. The lowest BCUT2D eigenvalue weighted by molar-refractivity contribution is -0.155. The maximum Gasteiger partial charge on any atom is 0.337 e. The zero-order valence-corrected chi connectivity index (χ0v) is 9.30. The molecule has 0 spiro atoms. The highest BCUT2D eigenvalue weighted by Crippen LogP contribution is 2.06. The van der Waals surface area contributed by atoms with Crippen molar-refractivity contribution in [3.63, 3.8) is 0 Å². The SMILES string of the molecule is CC(O)(CNC(=O)c1ccc(N)cc1)C(=O)O. The lowest BCUT2D eigenvalue weighted by Crippen LogP contribution is -2.46. The summed E-state index contributed by atoms with van der Waals surface area (Å²) < 4.78 is 0. The Morgan fingerprint density at radius 2 is 1.88 bits per heavy atom. The van der Waals surface area contributed by atoms with Crippen LogP contribution < -0.4 is 11.1 Å². The summed E-state index contributed by atoms with van der Waals surface area (Å²) in [6.07, 6.45) is 0. The van der Waals surface area contributed by atoms with Gasteiger partial charge in [-0.05, 0) is 31.2 Å². The van der Waals surface area contributed by atoms with E-state index in [2.05, 4.69) is 5.32 Å². The van der Waals surface area contributed by atoms with E-state index < -0.39 is 17.5 Å². The summed E-state index contributed by atoms with van der Waals surface area (Å²) in [5.41, 5.74) is 4.35. The molecule has 0 radical (unpaired) electrons.